The van der Waals surface area contributed by atoms with Crippen LogP contribution in [0, 0.1) is 0 Å². The van der Waals surface area contributed by atoms with E-state index in [-0.39, 0.29) is 28.7 Å². The number of rotatable bonds is 8. The largest absolute Gasteiger partial charge is 0.491 e. The second-order valence-electron chi connectivity index (χ2n) is 6.73. The number of benzene rings is 2. The predicted molar refractivity (Wildman–Crippen MR) is 115 cm³/mol. The first kappa shape index (κ1) is 21.8. The van der Waals surface area contributed by atoms with E-state index in [4.69, 9.17) is 9.84 Å². The van der Waals surface area contributed by atoms with Crippen LogP contribution in [0.5, 0.6) is 5.75 Å². The Morgan fingerprint density at radius 2 is 2.09 bits per heavy atom. The van der Waals surface area contributed by atoms with Gasteiger partial charge in [-0.15, -0.1) is 11.3 Å². The van der Waals surface area contributed by atoms with Gasteiger partial charge in [0.25, 0.3) is 12.3 Å². The average molecular weight is 460 g/mol. The van der Waals surface area contributed by atoms with Gasteiger partial charge in [0.2, 0.25) is 0 Å². The van der Waals surface area contributed by atoms with E-state index < -0.39 is 30.6 Å². The fourth-order valence-corrected chi connectivity index (χ4v) is 3.78. The molecule has 0 saturated carbocycles. The van der Waals surface area contributed by atoms with Crippen molar-refractivity contribution in [2.45, 2.75) is 12.5 Å². The standard InChI is InChI=1S/C21H18F2N4O4S/c22-19(23)15-8-13(31-10-12(29)9-28)4-5-17(15)27(21-24-6-7-32-21)20(30)14-2-1-3-16-18(14)26-11-25-16/h1-8,11-12,19,28-29H,9-10H2,(H,25,26)/t12-/m1/s1. The van der Waals surface area contributed by atoms with E-state index >= 15 is 0 Å². The third-order valence-electron chi connectivity index (χ3n) is 4.62. The molecular formula is C21H18F2N4O4S. The van der Waals surface area contributed by atoms with Crippen molar-refractivity contribution in [1.29, 1.82) is 0 Å². The number of carbonyl (C=O) groups is 1. The highest BCUT2D eigenvalue weighted by Gasteiger charge is 2.29. The van der Waals surface area contributed by atoms with Crippen LogP contribution in [-0.2, 0) is 0 Å². The smallest absolute Gasteiger partial charge is 0.266 e. The maximum Gasteiger partial charge on any atom is 0.266 e. The minimum Gasteiger partial charge on any atom is -0.491 e. The van der Waals surface area contributed by atoms with Crippen molar-refractivity contribution in [3.8, 4) is 5.75 Å². The summed E-state index contributed by atoms with van der Waals surface area (Å²) in [6.45, 7) is -0.792. The predicted octanol–water partition coefficient (Wildman–Crippen LogP) is 3.67. The Labute approximate surface area is 184 Å². The number of amides is 1. The zero-order valence-corrected chi connectivity index (χ0v) is 17.3. The molecule has 2 aromatic carbocycles. The third kappa shape index (κ3) is 4.31. The Morgan fingerprint density at radius 3 is 2.81 bits per heavy atom. The number of nitrogens with one attached hydrogen (secondary N) is 1. The number of para-hydroxylation sites is 1. The highest BCUT2D eigenvalue weighted by atomic mass is 32.1. The van der Waals surface area contributed by atoms with Gasteiger partial charge in [-0.2, -0.15) is 0 Å². The Balaban J connectivity index is 1.79. The average Bonchev–Trinajstić information content (AvgIpc) is 3.50. The van der Waals surface area contributed by atoms with Gasteiger partial charge in [-0.05, 0) is 30.3 Å². The molecule has 0 bridgehead atoms. The number of carbonyl (C=O) groups excluding carboxylic acids is 1. The van der Waals surface area contributed by atoms with Crippen LogP contribution in [0.4, 0.5) is 19.6 Å². The van der Waals surface area contributed by atoms with E-state index in [0.29, 0.717) is 11.0 Å². The zero-order valence-electron chi connectivity index (χ0n) is 16.5. The van der Waals surface area contributed by atoms with Crippen molar-refractivity contribution in [2.75, 3.05) is 18.1 Å². The fourth-order valence-electron chi connectivity index (χ4n) is 3.13. The second kappa shape index (κ2) is 9.39. The second-order valence-corrected chi connectivity index (χ2v) is 7.60. The first-order valence-corrected chi connectivity index (χ1v) is 10.4. The molecule has 1 atom stereocenters. The van der Waals surface area contributed by atoms with E-state index in [1.807, 2.05) is 0 Å². The first-order valence-electron chi connectivity index (χ1n) is 9.49. The van der Waals surface area contributed by atoms with Crippen molar-refractivity contribution in [1.82, 2.24) is 15.0 Å². The number of ether oxygens (including phenoxy) is 1. The normalized spacial score (nSPS) is 12.3. The van der Waals surface area contributed by atoms with E-state index in [1.165, 1.54) is 24.7 Å². The molecule has 1 amide bonds. The molecule has 4 aromatic rings. The maximum atomic E-state index is 14.0. The summed E-state index contributed by atoms with van der Waals surface area (Å²) in [4.78, 5) is 26.0. The maximum absolute atomic E-state index is 14.0. The number of hydrogen-bond donors (Lipinski definition) is 3. The number of anilines is 2. The van der Waals surface area contributed by atoms with E-state index in [9.17, 15) is 18.7 Å². The van der Waals surface area contributed by atoms with Gasteiger partial charge >= 0.3 is 0 Å². The lowest BCUT2D eigenvalue weighted by Gasteiger charge is -2.23. The van der Waals surface area contributed by atoms with E-state index in [0.717, 1.165) is 22.3 Å². The molecule has 0 aliphatic rings. The van der Waals surface area contributed by atoms with Crippen LogP contribution in [-0.4, -0.2) is 50.4 Å². The zero-order chi connectivity index (χ0) is 22.7. The number of H-pyrrole nitrogens is 1. The quantitative estimate of drug-likeness (QED) is 0.370. The number of nitrogens with zero attached hydrogens (tertiary/aromatic N) is 3. The molecule has 0 unspecified atom stereocenters. The van der Waals surface area contributed by atoms with Gasteiger partial charge in [-0.1, -0.05) is 6.07 Å². The summed E-state index contributed by atoms with van der Waals surface area (Å²) in [5.74, 6) is -0.499. The van der Waals surface area contributed by atoms with Gasteiger partial charge < -0.3 is 19.9 Å². The lowest BCUT2D eigenvalue weighted by molar-refractivity contribution is 0.0534. The molecule has 0 aliphatic heterocycles. The Morgan fingerprint density at radius 1 is 1.25 bits per heavy atom. The lowest BCUT2D eigenvalue weighted by atomic mass is 10.1. The van der Waals surface area contributed by atoms with Gasteiger partial charge in [-0.25, -0.2) is 18.7 Å². The first-order chi connectivity index (χ1) is 15.5. The number of imidazole rings is 1. The summed E-state index contributed by atoms with van der Waals surface area (Å²) in [5.41, 5.74) is 0.776. The van der Waals surface area contributed by atoms with Gasteiger partial charge in [-0.3, -0.25) is 9.69 Å². The van der Waals surface area contributed by atoms with E-state index in [1.54, 1.807) is 23.6 Å². The summed E-state index contributed by atoms with van der Waals surface area (Å²) in [7, 11) is 0. The van der Waals surface area contributed by atoms with Crippen molar-refractivity contribution in [3.05, 3.63) is 65.4 Å². The summed E-state index contributed by atoms with van der Waals surface area (Å²) < 4.78 is 33.3. The van der Waals surface area contributed by atoms with Gasteiger partial charge in [0.1, 0.15) is 24.0 Å². The summed E-state index contributed by atoms with van der Waals surface area (Å²) >= 11 is 1.13. The van der Waals surface area contributed by atoms with Gasteiger partial charge in [0.05, 0.1) is 29.7 Å². The monoisotopic (exact) mass is 460 g/mol. The number of thiazole rings is 1. The minimum atomic E-state index is -2.92. The molecule has 2 aromatic heterocycles. The molecule has 8 nitrogen and oxygen atoms in total. The Hall–Kier alpha value is -3.41. The molecule has 4 rings (SSSR count). The van der Waals surface area contributed by atoms with Crippen LogP contribution >= 0.6 is 11.3 Å². The van der Waals surface area contributed by atoms with Crippen LogP contribution in [0.25, 0.3) is 11.0 Å². The van der Waals surface area contributed by atoms with Crippen molar-refractivity contribution in [2.24, 2.45) is 0 Å². The molecule has 11 heteroatoms. The molecule has 0 saturated heterocycles. The molecular weight excluding hydrogens is 442 g/mol. The molecule has 2 heterocycles. The van der Waals surface area contributed by atoms with Gasteiger partial charge in [0, 0.05) is 17.1 Å². The molecule has 3 N–H and O–H groups in total. The SMILES string of the molecule is O=C(c1cccc2[nH]cnc12)N(c1nccs1)c1ccc(OC[C@H](O)CO)cc1C(F)F. The van der Waals surface area contributed by atoms with E-state index in [2.05, 4.69) is 15.0 Å². The molecule has 0 fully saturated rings. The number of hydrogen-bond acceptors (Lipinski definition) is 7. The van der Waals surface area contributed by atoms with Crippen LogP contribution in [0.15, 0.2) is 54.3 Å². The van der Waals surface area contributed by atoms with Crippen LogP contribution in [0.1, 0.15) is 22.3 Å². The number of aliphatic hydroxyl groups excluding tert-OH is 2. The number of aromatic nitrogens is 3. The molecule has 166 valence electrons. The number of alkyl halides is 2. The number of aliphatic hydroxyl groups is 2. The van der Waals surface area contributed by atoms with Crippen molar-refractivity contribution in [3.63, 3.8) is 0 Å². The molecule has 0 spiro atoms. The number of halogens is 2. The fraction of sp³-hybridized carbons (Fsp3) is 0.190. The highest BCUT2D eigenvalue weighted by molar-refractivity contribution is 7.14. The number of fused-ring (bicyclic) bond motifs is 1. The highest BCUT2D eigenvalue weighted by Crippen LogP contribution is 2.39. The summed E-state index contributed by atoms with van der Waals surface area (Å²) in [5, 5.41) is 20.2. The van der Waals surface area contributed by atoms with Crippen molar-refractivity contribution < 1.29 is 28.5 Å². The Kier molecular flexibility index (Phi) is 6.40. The van der Waals surface area contributed by atoms with Gasteiger partial charge in [0.15, 0.2) is 5.13 Å². The summed E-state index contributed by atoms with van der Waals surface area (Å²) in [6.07, 6.45) is -1.14. The molecule has 0 aliphatic carbocycles. The van der Waals surface area contributed by atoms with Crippen LogP contribution in [0.2, 0.25) is 0 Å². The topological polar surface area (TPSA) is 112 Å². The third-order valence-corrected chi connectivity index (χ3v) is 5.38. The van der Waals surface area contributed by atoms with Crippen LogP contribution in [0.3, 0.4) is 0 Å². The minimum absolute atomic E-state index is 0.0532. The number of aromatic amines is 1. The Bertz CT molecular complexity index is 1220. The lowest BCUT2D eigenvalue weighted by Crippen LogP contribution is -2.27. The van der Waals surface area contributed by atoms with Crippen molar-refractivity contribution >= 4 is 39.1 Å². The van der Waals surface area contributed by atoms with Crippen LogP contribution < -0.4 is 9.64 Å². The molecule has 32 heavy (non-hydrogen) atoms. The summed E-state index contributed by atoms with van der Waals surface area (Å²) in [6, 6.07) is 8.85. The molecule has 0 radical (unpaired) electrons.